The number of halogens is 1. The summed E-state index contributed by atoms with van der Waals surface area (Å²) in [5.41, 5.74) is 4.23. The molecule has 0 saturated carbocycles. The SMILES string of the molecule is Cc1cc(-c2cc(O)ccc2Cl)cc2cnc(Nc3ccc(OCCN4CCC[C@@H]4C(=O)O)cc3)nc12. The number of aromatic hydroxyl groups is 1. The van der Waals surface area contributed by atoms with Crippen LogP contribution in [-0.2, 0) is 4.79 Å². The molecule has 0 spiro atoms. The van der Waals surface area contributed by atoms with E-state index in [1.807, 2.05) is 48.2 Å². The number of hydrogen-bond acceptors (Lipinski definition) is 7. The normalized spacial score (nSPS) is 15.7. The molecule has 1 saturated heterocycles. The molecule has 1 aliphatic rings. The van der Waals surface area contributed by atoms with Gasteiger partial charge in [0.05, 0.1) is 5.52 Å². The van der Waals surface area contributed by atoms with E-state index < -0.39 is 12.0 Å². The minimum atomic E-state index is -0.764. The second-order valence-electron chi connectivity index (χ2n) is 9.12. The van der Waals surface area contributed by atoms with Gasteiger partial charge >= 0.3 is 5.97 Å². The molecule has 5 rings (SSSR count). The zero-order valence-corrected chi connectivity index (χ0v) is 21.1. The van der Waals surface area contributed by atoms with Gasteiger partial charge in [0.25, 0.3) is 0 Å². The predicted octanol–water partition coefficient (Wildman–Crippen LogP) is 5.64. The van der Waals surface area contributed by atoms with Gasteiger partial charge in [-0.1, -0.05) is 11.6 Å². The van der Waals surface area contributed by atoms with E-state index in [4.69, 9.17) is 21.3 Å². The fraction of sp³-hybridized carbons (Fsp3) is 0.250. The third-order valence-electron chi connectivity index (χ3n) is 6.54. The van der Waals surface area contributed by atoms with Crippen molar-refractivity contribution in [1.29, 1.82) is 0 Å². The Hall–Kier alpha value is -3.88. The van der Waals surface area contributed by atoms with Crippen molar-refractivity contribution in [3.63, 3.8) is 0 Å². The summed E-state index contributed by atoms with van der Waals surface area (Å²) < 4.78 is 5.82. The van der Waals surface area contributed by atoms with E-state index in [0.29, 0.717) is 36.3 Å². The van der Waals surface area contributed by atoms with Gasteiger partial charge in [0.15, 0.2) is 0 Å². The number of rotatable bonds is 8. The van der Waals surface area contributed by atoms with Gasteiger partial charge in [0.2, 0.25) is 5.95 Å². The van der Waals surface area contributed by atoms with E-state index in [9.17, 15) is 15.0 Å². The summed E-state index contributed by atoms with van der Waals surface area (Å²) in [7, 11) is 0. The number of anilines is 2. The van der Waals surface area contributed by atoms with Crippen molar-refractivity contribution in [2.75, 3.05) is 25.0 Å². The number of carboxylic acids is 1. The number of fused-ring (bicyclic) bond motifs is 1. The fourth-order valence-corrected chi connectivity index (χ4v) is 4.92. The third-order valence-corrected chi connectivity index (χ3v) is 6.87. The molecular formula is C28H27ClN4O4. The van der Waals surface area contributed by atoms with Crippen molar-refractivity contribution in [3.8, 4) is 22.6 Å². The number of phenols is 1. The molecule has 0 bridgehead atoms. The lowest BCUT2D eigenvalue weighted by Gasteiger charge is -2.20. The molecule has 8 nitrogen and oxygen atoms in total. The number of likely N-dealkylation sites (tertiary alicyclic amines) is 1. The fourth-order valence-electron chi connectivity index (χ4n) is 4.69. The summed E-state index contributed by atoms with van der Waals surface area (Å²) in [6.45, 7) is 3.78. The molecule has 3 aromatic carbocycles. The zero-order chi connectivity index (χ0) is 25.9. The highest BCUT2D eigenvalue weighted by Gasteiger charge is 2.29. The number of carbonyl (C=O) groups is 1. The van der Waals surface area contributed by atoms with Crippen LogP contribution < -0.4 is 10.1 Å². The summed E-state index contributed by atoms with van der Waals surface area (Å²) in [4.78, 5) is 22.4. The van der Waals surface area contributed by atoms with Gasteiger partial charge in [-0.2, -0.15) is 0 Å². The molecule has 190 valence electrons. The van der Waals surface area contributed by atoms with Crippen molar-refractivity contribution in [1.82, 2.24) is 14.9 Å². The van der Waals surface area contributed by atoms with Crippen LogP contribution in [0.25, 0.3) is 22.0 Å². The Balaban J connectivity index is 1.24. The van der Waals surface area contributed by atoms with Crippen LogP contribution in [0.2, 0.25) is 5.02 Å². The number of aliphatic carboxylic acids is 1. The maximum Gasteiger partial charge on any atom is 0.320 e. The molecule has 1 fully saturated rings. The monoisotopic (exact) mass is 518 g/mol. The average molecular weight is 519 g/mol. The molecule has 1 atom stereocenters. The van der Waals surface area contributed by atoms with E-state index in [0.717, 1.165) is 46.2 Å². The first kappa shape index (κ1) is 24.8. The highest BCUT2D eigenvalue weighted by Crippen LogP contribution is 2.34. The number of nitrogens with zero attached hydrogens (tertiary/aromatic N) is 3. The maximum atomic E-state index is 11.3. The number of hydrogen-bond donors (Lipinski definition) is 3. The molecule has 4 aromatic rings. The van der Waals surface area contributed by atoms with Crippen LogP contribution in [0.4, 0.5) is 11.6 Å². The van der Waals surface area contributed by atoms with Crippen LogP contribution in [0, 0.1) is 6.92 Å². The second-order valence-corrected chi connectivity index (χ2v) is 9.53. The van der Waals surface area contributed by atoms with E-state index in [1.165, 1.54) is 0 Å². The molecule has 1 aliphatic heterocycles. The lowest BCUT2D eigenvalue weighted by atomic mass is 10.0. The lowest BCUT2D eigenvalue weighted by molar-refractivity contribution is -0.142. The summed E-state index contributed by atoms with van der Waals surface area (Å²) in [5, 5.41) is 23.8. The number of phenolic OH excluding ortho intramolecular Hbond substituents is 1. The molecule has 9 heteroatoms. The second kappa shape index (κ2) is 10.6. The number of aromatic nitrogens is 2. The number of aryl methyl sites for hydroxylation is 1. The van der Waals surface area contributed by atoms with E-state index >= 15 is 0 Å². The Bertz CT molecular complexity index is 1440. The predicted molar refractivity (Wildman–Crippen MR) is 144 cm³/mol. The minimum Gasteiger partial charge on any atom is -0.508 e. The first-order chi connectivity index (χ1) is 17.9. The number of ether oxygens (including phenoxy) is 1. The minimum absolute atomic E-state index is 0.155. The first-order valence-electron chi connectivity index (χ1n) is 12.1. The van der Waals surface area contributed by atoms with Gasteiger partial charge in [0, 0.05) is 34.4 Å². The molecule has 37 heavy (non-hydrogen) atoms. The largest absolute Gasteiger partial charge is 0.508 e. The number of benzene rings is 3. The Morgan fingerprint density at radius 2 is 2.00 bits per heavy atom. The first-order valence-corrected chi connectivity index (χ1v) is 12.5. The molecule has 0 radical (unpaired) electrons. The van der Waals surface area contributed by atoms with Crippen LogP contribution in [-0.4, -0.2) is 56.8 Å². The Morgan fingerprint density at radius 1 is 1.19 bits per heavy atom. The number of nitrogens with one attached hydrogen (secondary N) is 1. The Labute approximate surface area is 219 Å². The molecule has 1 aromatic heterocycles. The van der Waals surface area contributed by atoms with Crippen molar-refractivity contribution in [2.45, 2.75) is 25.8 Å². The van der Waals surface area contributed by atoms with Crippen molar-refractivity contribution >= 4 is 40.1 Å². The van der Waals surface area contributed by atoms with Gasteiger partial charge in [-0.25, -0.2) is 9.97 Å². The smallest absolute Gasteiger partial charge is 0.320 e. The Morgan fingerprint density at radius 3 is 2.78 bits per heavy atom. The van der Waals surface area contributed by atoms with Gasteiger partial charge in [0.1, 0.15) is 24.1 Å². The standard InChI is InChI=1S/C28H27ClN4O4/c1-17-13-18(23-15-21(34)6-9-24(23)29)14-19-16-30-28(32-26(17)19)31-20-4-7-22(8-5-20)37-12-11-33-10-2-3-25(33)27(35)36/h4-9,13-16,25,34H,2-3,10-12H2,1H3,(H,35,36)(H,30,31,32)/t25-/m1/s1. The molecule has 0 aliphatic carbocycles. The molecule has 2 heterocycles. The molecule has 0 unspecified atom stereocenters. The van der Waals surface area contributed by atoms with Crippen LogP contribution in [0.5, 0.6) is 11.5 Å². The van der Waals surface area contributed by atoms with Gasteiger partial charge < -0.3 is 20.3 Å². The molecular weight excluding hydrogens is 492 g/mol. The van der Waals surface area contributed by atoms with Crippen molar-refractivity contribution in [3.05, 3.63) is 71.4 Å². The molecule has 0 amide bonds. The van der Waals surface area contributed by atoms with Crippen molar-refractivity contribution < 1.29 is 19.7 Å². The van der Waals surface area contributed by atoms with Gasteiger partial charge in [-0.05, 0) is 92.0 Å². The highest BCUT2D eigenvalue weighted by molar-refractivity contribution is 6.33. The summed E-state index contributed by atoms with van der Waals surface area (Å²) >= 11 is 6.35. The van der Waals surface area contributed by atoms with E-state index in [1.54, 1.807) is 24.4 Å². The zero-order valence-electron chi connectivity index (χ0n) is 20.3. The quantitative estimate of drug-likeness (QED) is 0.275. The van der Waals surface area contributed by atoms with Crippen molar-refractivity contribution in [2.24, 2.45) is 0 Å². The molecule has 3 N–H and O–H groups in total. The number of carboxylic acid groups (broad SMARTS) is 1. The Kier molecular flexibility index (Phi) is 7.12. The van der Waals surface area contributed by atoms with Crippen LogP contribution in [0.3, 0.4) is 0 Å². The van der Waals surface area contributed by atoms with Gasteiger partial charge in [-0.3, -0.25) is 9.69 Å². The maximum absolute atomic E-state index is 11.3. The lowest BCUT2D eigenvalue weighted by Crippen LogP contribution is -2.38. The highest BCUT2D eigenvalue weighted by atomic mass is 35.5. The van der Waals surface area contributed by atoms with E-state index in [2.05, 4.69) is 10.3 Å². The summed E-state index contributed by atoms with van der Waals surface area (Å²) in [5.74, 6) is 0.578. The third kappa shape index (κ3) is 5.60. The van der Waals surface area contributed by atoms with Gasteiger partial charge in [-0.15, -0.1) is 0 Å². The van der Waals surface area contributed by atoms with Crippen LogP contribution >= 0.6 is 11.6 Å². The summed E-state index contributed by atoms with van der Waals surface area (Å²) in [6.07, 6.45) is 3.36. The van der Waals surface area contributed by atoms with Crippen LogP contribution in [0.15, 0.2) is 60.8 Å². The van der Waals surface area contributed by atoms with Crippen LogP contribution in [0.1, 0.15) is 18.4 Å². The van der Waals surface area contributed by atoms with E-state index in [-0.39, 0.29) is 5.75 Å². The topological polar surface area (TPSA) is 108 Å². The average Bonchev–Trinajstić information content (AvgIpc) is 3.36. The summed E-state index contributed by atoms with van der Waals surface area (Å²) in [6, 6.07) is 15.9.